The number of methoxy groups -OCH3 is 1. The van der Waals surface area contributed by atoms with Crippen LogP contribution in [0.25, 0.3) is 0 Å². The molecule has 1 heteroatoms. The Labute approximate surface area is 131 Å². The maximum Gasteiger partial charge on any atom is 0.118 e. The topological polar surface area (TPSA) is 9.23 Å². The van der Waals surface area contributed by atoms with E-state index in [-0.39, 0.29) is 0 Å². The van der Waals surface area contributed by atoms with Gasteiger partial charge in [0.1, 0.15) is 5.75 Å². The molecule has 0 aromatic heterocycles. The number of hydrogen-bond donors (Lipinski definition) is 0. The molecule has 1 aliphatic rings. The van der Waals surface area contributed by atoms with Crippen molar-refractivity contribution in [2.75, 3.05) is 7.11 Å². The van der Waals surface area contributed by atoms with Crippen LogP contribution in [0.1, 0.15) is 33.7 Å². The van der Waals surface area contributed by atoms with Crippen LogP contribution < -0.4 is 4.74 Å². The van der Waals surface area contributed by atoms with Gasteiger partial charge in [0.25, 0.3) is 0 Å². The van der Waals surface area contributed by atoms with Crippen molar-refractivity contribution in [2.24, 2.45) is 0 Å². The van der Waals surface area contributed by atoms with Crippen molar-refractivity contribution in [1.82, 2.24) is 0 Å². The first kappa shape index (κ1) is 13.1. The first-order valence-corrected chi connectivity index (χ1v) is 7.66. The second-order valence-electron chi connectivity index (χ2n) is 5.78. The number of ether oxygens (including phenoxy) is 1. The van der Waals surface area contributed by atoms with E-state index in [0.717, 1.165) is 12.2 Å². The maximum atomic E-state index is 5.30. The molecular formula is C21H18O. The highest BCUT2D eigenvalue weighted by molar-refractivity contribution is 5.54. The smallest absolute Gasteiger partial charge is 0.118 e. The third kappa shape index (κ3) is 2.10. The minimum absolute atomic E-state index is 0.312. The molecule has 0 saturated heterocycles. The van der Waals surface area contributed by atoms with E-state index in [1.807, 2.05) is 0 Å². The van der Waals surface area contributed by atoms with Gasteiger partial charge >= 0.3 is 0 Å². The third-order valence-electron chi connectivity index (χ3n) is 4.56. The molecule has 0 atom stereocenters. The molecular weight excluding hydrogens is 268 g/mol. The molecule has 0 spiro atoms. The Kier molecular flexibility index (Phi) is 3.19. The van der Waals surface area contributed by atoms with Crippen LogP contribution in [0.5, 0.6) is 5.75 Å². The molecule has 4 rings (SSSR count). The van der Waals surface area contributed by atoms with Crippen LogP contribution in [-0.4, -0.2) is 7.11 Å². The Hall–Kier alpha value is -2.54. The summed E-state index contributed by atoms with van der Waals surface area (Å²) in [5.74, 6) is 1.22. The summed E-state index contributed by atoms with van der Waals surface area (Å²) in [6.45, 7) is 0. The highest BCUT2D eigenvalue weighted by Crippen LogP contribution is 2.40. The molecule has 108 valence electrons. The Morgan fingerprint density at radius 2 is 1.27 bits per heavy atom. The molecule has 0 fully saturated rings. The summed E-state index contributed by atoms with van der Waals surface area (Å²) in [5.41, 5.74) is 7.03. The molecule has 22 heavy (non-hydrogen) atoms. The number of rotatable bonds is 2. The molecule has 0 aliphatic heterocycles. The molecule has 0 saturated carbocycles. The van der Waals surface area contributed by atoms with Gasteiger partial charge in [-0.05, 0) is 46.4 Å². The molecule has 1 nitrogen and oxygen atoms in total. The minimum atomic E-state index is 0.312. The minimum Gasteiger partial charge on any atom is -0.497 e. The fraction of sp³-hybridized carbons (Fsp3) is 0.143. The predicted octanol–water partition coefficient (Wildman–Crippen LogP) is 4.78. The molecule has 1 aliphatic carbocycles. The van der Waals surface area contributed by atoms with E-state index in [4.69, 9.17) is 4.74 Å². The van der Waals surface area contributed by atoms with Gasteiger partial charge in [-0.15, -0.1) is 0 Å². The first-order chi connectivity index (χ1) is 10.9. The maximum absolute atomic E-state index is 5.30. The highest BCUT2D eigenvalue weighted by Gasteiger charge is 2.26. The van der Waals surface area contributed by atoms with Crippen LogP contribution in [-0.2, 0) is 6.42 Å². The third-order valence-corrected chi connectivity index (χ3v) is 4.56. The zero-order chi connectivity index (χ0) is 14.9. The van der Waals surface area contributed by atoms with Crippen molar-refractivity contribution in [3.63, 3.8) is 0 Å². The second kappa shape index (κ2) is 5.34. The zero-order valence-electron chi connectivity index (χ0n) is 12.6. The first-order valence-electron chi connectivity index (χ1n) is 7.66. The normalized spacial score (nSPS) is 13.3. The van der Waals surface area contributed by atoms with Crippen molar-refractivity contribution < 1.29 is 4.74 Å². The summed E-state index contributed by atoms with van der Waals surface area (Å²) in [6.07, 6.45) is 1.03. The van der Waals surface area contributed by atoms with Crippen molar-refractivity contribution in [2.45, 2.75) is 12.3 Å². The van der Waals surface area contributed by atoms with Gasteiger partial charge in [-0.25, -0.2) is 0 Å². The monoisotopic (exact) mass is 286 g/mol. The quantitative estimate of drug-likeness (QED) is 0.515. The molecule has 3 aromatic carbocycles. The molecule has 0 N–H and O–H groups in total. The van der Waals surface area contributed by atoms with Gasteiger partial charge in [0.15, 0.2) is 0 Å². The average Bonchev–Trinajstić information content (AvgIpc) is 2.60. The predicted molar refractivity (Wildman–Crippen MR) is 89.6 cm³/mol. The van der Waals surface area contributed by atoms with Crippen molar-refractivity contribution in [3.05, 3.63) is 101 Å². The summed E-state index contributed by atoms with van der Waals surface area (Å²) in [6, 6.07) is 26.1. The van der Waals surface area contributed by atoms with Crippen LogP contribution in [0.15, 0.2) is 72.8 Å². The summed E-state index contributed by atoms with van der Waals surface area (Å²) >= 11 is 0. The zero-order valence-corrected chi connectivity index (χ0v) is 12.6. The summed E-state index contributed by atoms with van der Waals surface area (Å²) < 4.78 is 5.30. The van der Waals surface area contributed by atoms with E-state index in [0.29, 0.717) is 5.92 Å². The van der Waals surface area contributed by atoms with Gasteiger partial charge < -0.3 is 4.74 Å². The van der Waals surface area contributed by atoms with E-state index in [2.05, 4.69) is 72.8 Å². The molecule has 0 radical (unpaired) electrons. The fourth-order valence-corrected chi connectivity index (χ4v) is 3.48. The molecule has 0 unspecified atom stereocenters. The van der Waals surface area contributed by atoms with Crippen molar-refractivity contribution in [1.29, 1.82) is 0 Å². The van der Waals surface area contributed by atoms with Crippen LogP contribution in [0, 0.1) is 0 Å². The van der Waals surface area contributed by atoms with Gasteiger partial charge in [0.05, 0.1) is 7.11 Å². The average molecular weight is 286 g/mol. The van der Waals surface area contributed by atoms with Gasteiger partial charge in [-0.1, -0.05) is 60.7 Å². The lowest BCUT2D eigenvalue weighted by Crippen LogP contribution is -2.14. The summed E-state index contributed by atoms with van der Waals surface area (Å²) in [5, 5.41) is 0. The van der Waals surface area contributed by atoms with E-state index in [9.17, 15) is 0 Å². The van der Waals surface area contributed by atoms with Crippen LogP contribution >= 0.6 is 0 Å². The Bertz CT molecular complexity index is 757. The van der Waals surface area contributed by atoms with E-state index in [1.54, 1.807) is 7.11 Å². The molecule has 0 heterocycles. The lowest BCUT2D eigenvalue weighted by atomic mass is 9.75. The van der Waals surface area contributed by atoms with Crippen molar-refractivity contribution in [3.8, 4) is 5.75 Å². The Morgan fingerprint density at radius 1 is 0.727 bits per heavy atom. The van der Waals surface area contributed by atoms with Gasteiger partial charge in [0.2, 0.25) is 0 Å². The standard InChI is InChI=1S/C21H18O/c1-22-18-12-10-15(11-13-18)21-19-8-4-2-6-16(19)14-17-7-3-5-9-20(17)21/h2-13,21H,14H2,1H3. The molecule has 0 bridgehead atoms. The molecule has 3 aromatic rings. The van der Waals surface area contributed by atoms with Gasteiger partial charge in [0, 0.05) is 5.92 Å². The van der Waals surface area contributed by atoms with E-state index < -0.39 is 0 Å². The van der Waals surface area contributed by atoms with Crippen LogP contribution in [0.4, 0.5) is 0 Å². The highest BCUT2D eigenvalue weighted by atomic mass is 16.5. The number of hydrogen-bond acceptors (Lipinski definition) is 1. The summed E-state index contributed by atoms with van der Waals surface area (Å²) in [4.78, 5) is 0. The number of benzene rings is 3. The summed E-state index contributed by atoms with van der Waals surface area (Å²) in [7, 11) is 1.71. The second-order valence-corrected chi connectivity index (χ2v) is 5.78. The fourth-order valence-electron chi connectivity index (χ4n) is 3.48. The van der Waals surface area contributed by atoms with Gasteiger partial charge in [-0.2, -0.15) is 0 Å². The van der Waals surface area contributed by atoms with E-state index in [1.165, 1.54) is 27.8 Å². The Balaban J connectivity index is 1.90. The lowest BCUT2D eigenvalue weighted by molar-refractivity contribution is 0.414. The molecule has 0 amide bonds. The van der Waals surface area contributed by atoms with Gasteiger partial charge in [-0.3, -0.25) is 0 Å². The Morgan fingerprint density at radius 3 is 1.82 bits per heavy atom. The van der Waals surface area contributed by atoms with Crippen LogP contribution in [0.2, 0.25) is 0 Å². The largest absolute Gasteiger partial charge is 0.497 e. The van der Waals surface area contributed by atoms with Crippen molar-refractivity contribution >= 4 is 0 Å². The lowest BCUT2D eigenvalue weighted by Gasteiger charge is -2.29. The SMILES string of the molecule is COc1ccc(C2c3ccccc3Cc3ccccc32)cc1. The van der Waals surface area contributed by atoms with Crippen LogP contribution in [0.3, 0.4) is 0 Å². The number of fused-ring (bicyclic) bond motifs is 2. The van der Waals surface area contributed by atoms with E-state index >= 15 is 0 Å².